The first kappa shape index (κ1) is 17.4. The molecule has 1 aliphatic rings. The summed E-state index contributed by atoms with van der Waals surface area (Å²) in [6.45, 7) is 2.89. The lowest BCUT2D eigenvalue weighted by Gasteiger charge is -2.32. The summed E-state index contributed by atoms with van der Waals surface area (Å²) in [4.78, 5) is 30.6. The molecule has 7 heteroatoms. The van der Waals surface area contributed by atoms with Crippen molar-refractivity contribution in [2.45, 2.75) is 25.9 Å². The van der Waals surface area contributed by atoms with E-state index in [9.17, 15) is 9.59 Å². The van der Waals surface area contributed by atoms with Crippen LogP contribution in [-0.2, 0) is 9.59 Å². The van der Waals surface area contributed by atoms with E-state index in [1.54, 1.807) is 18.0 Å². The largest absolute Gasteiger partial charge is 0.481 e. The zero-order chi connectivity index (χ0) is 17.6. The van der Waals surface area contributed by atoms with Crippen LogP contribution in [0.5, 0.6) is 5.75 Å². The number of carbonyl (C=O) groups is 2. The number of hydrogen-bond acceptors (Lipinski definition) is 5. The Morgan fingerprint density at radius 2 is 2.00 bits per heavy atom. The topological polar surface area (TPSA) is 71.5 Å². The second-order valence-corrected chi connectivity index (χ2v) is 6.89. The molecule has 0 aliphatic carbocycles. The van der Waals surface area contributed by atoms with Crippen molar-refractivity contribution >= 4 is 28.3 Å². The van der Waals surface area contributed by atoms with Crippen LogP contribution in [0.1, 0.15) is 19.8 Å². The van der Waals surface area contributed by atoms with Crippen LogP contribution in [0.2, 0.25) is 0 Å². The minimum absolute atomic E-state index is 0.0179. The fraction of sp³-hybridized carbons (Fsp3) is 0.389. The minimum Gasteiger partial charge on any atom is -0.481 e. The van der Waals surface area contributed by atoms with Gasteiger partial charge in [-0.05, 0) is 31.9 Å². The van der Waals surface area contributed by atoms with Crippen LogP contribution < -0.4 is 10.1 Å². The number of hydrogen-bond donors (Lipinski definition) is 1. The number of rotatable bonds is 5. The van der Waals surface area contributed by atoms with Crippen LogP contribution in [0.4, 0.5) is 5.13 Å². The Bertz CT molecular complexity index is 698. The zero-order valence-electron chi connectivity index (χ0n) is 14.1. The highest BCUT2D eigenvalue weighted by molar-refractivity contribution is 7.13. The Morgan fingerprint density at radius 3 is 2.64 bits per heavy atom. The van der Waals surface area contributed by atoms with Gasteiger partial charge < -0.3 is 15.0 Å². The zero-order valence-corrected chi connectivity index (χ0v) is 14.9. The Balaban J connectivity index is 1.48. The molecule has 1 aromatic heterocycles. The molecule has 2 aromatic rings. The van der Waals surface area contributed by atoms with E-state index in [4.69, 9.17) is 4.74 Å². The third-order valence-electron chi connectivity index (χ3n) is 4.24. The van der Waals surface area contributed by atoms with E-state index in [0.717, 1.165) is 0 Å². The maximum atomic E-state index is 12.5. The maximum absolute atomic E-state index is 12.5. The van der Waals surface area contributed by atoms with Crippen molar-refractivity contribution in [1.82, 2.24) is 9.88 Å². The number of nitrogens with zero attached hydrogens (tertiary/aromatic N) is 2. The predicted octanol–water partition coefficient (Wildman–Crippen LogP) is 2.79. The van der Waals surface area contributed by atoms with Crippen LogP contribution in [0.25, 0.3) is 0 Å². The fourth-order valence-electron chi connectivity index (χ4n) is 2.87. The quantitative estimate of drug-likeness (QED) is 0.891. The summed E-state index contributed by atoms with van der Waals surface area (Å²) in [7, 11) is 0. The van der Waals surface area contributed by atoms with Crippen molar-refractivity contribution in [3.05, 3.63) is 41.9 Å². The van der Waals surface area contributed by atoms with E-state index in [-0.39, 0.29) is 17.7 Å². The van der Waals surface area contributed by atoms with E-state index in [1.165, 1.54) is 11.3 Å². The summed E-state index contributed by atoms with van der Waals surface area (Å²) in [5, 5.41) is 5.27. The molecule has 25 heavy (non-hydrogen) atoms. The molecular formula is C18H21N3O3S. The summed E-state index contributed by atoms with van der Waals surface area (Å²) < 4.78 is 5.70. The summed E-state index contributed by atoms with van der Waals surface area (Å²) in [6, 6.07) is 9.32. The lowest BCUT2D eigenvalue weighted by molar-refractivity contribution is -0.140. The molecule has 1 aliphatic heterocycles. The molecule has 1 saturated heterocycles. The Labute approximate surface area is 150 Å². The van der Waals surface area contributed by atoms with Crippen molar-refractivity contribution in [2.24, 2.45) is 5.92 Å². The molecule has 0 spiro atoms. The molecule has 1 aromatic carbocycles. The molecule has 1 N–H and O–H groups in total. The number of piperidine rings is 1. The number of aromatic nitrogens is 1. The van der Waals surface area contributed by atoms with Gasteiger partial charge >= 0.3 is 0 Å². The van der Waals surface area contributed by atoms with Gasteiger partial charge in [-0.25, -0.2) is 4.98 Å². The van der Waals surface area contributed by atoms with E-state index in [2.05, 4.69) is 10.3 Å². The summed E-state index contributed by atoms with van der Waals surface area (Å²) in [6.07, 6.45) is 2.43. The number of carbonyl (C=O) groups excluding carboxylic acids is 2. The third-order valence-corrected chi connectivity index (χ3v) is 4.93. The molecule has 0 radical (unpaired) electrons. The second kappa shape index (κ2) is 8.11. The number of nitrogens with one attached hydrogen (secondary N) is 1. The highest BCUT2D eigenvalue weighted by Gasteiger charge is 2.30. The SMILES string of the molecule is CC(Oc1ccccc1)C(=O)N1CCC(C(=O)Nc2nccs2)CC1. The van der Waals surface area contributed by atoms with Gasteiger partial charge in [0.1, 0.15) is 5.75 Å². The smallest absolute Gasteiger partial charge is 0.263 e. The van der Waals surface area contributed by atoms with Gasteiger partial charge in [0, 0.05) is 30.6 Å². The van der Waals surface area contributed by atoms with Crippen molar-refractivity contribution in [2.75, 3.05) is 18.4 Å². The third kappa shape index (κ3) is 4.57. The summed E-state index contributed by atoms with van der Waals surface area (Å²) in [5.41, 5.74) is 0. The van der Waals surface area contributed by atoms with Crippen LogP contribution in [0, 0.1) is 5.92 Å². The molecule has 132 valence electrons. The first-order valence-electron chi connectivity index (χ1n) is 8.34. The number of ether oxygens (including phenoxy) is 1. The van der Waals surface area contributed by atoms with Gasteiger partial charge in [0.15, 0.2) is 11.2 Å². The average Bonchev–Trinajstić information content (AvgIpc) is 3.15. The van der Waals surface area contributed by atoms with Crippen molar-refractivity contribution in [3.63, 3.8) is 0 Å². The molecule has 3 rings (SSSR count). The molecule has 1 atom stereocenters. The molecule has 6 nitrogen and oxygen atoms in total. The molecule has 0 saturated carbocycles. The van der Waals surface area contributed by atoms with Gasteiger partial charge in [-0.15, -0.1) is 11.3 Å². The molecule has 1 fully saturated rings. The number of thiazole rings is 1. The van der Waals surface area contributed by atoms with Gasteiger partial charge in [0.2, 0.25) is 5.91 Å². The highest BCUT2D eigenvalue weighted by Crippen LogP contribution is 2.21. The second-order valence-electron chi connectivity index (χ2n) is 6.00. The van der Waals surface area contributed by atoms with Crippen LogP contribution in [-0.4, -0.2) is 40.9 Å². The van der Waals surface area contributed by atoms with Gasteiger partial charge in [0.05, 0.1) is 0 Å². The van der Waals surface area contributed by atoms with Gasteiger partial charge in [-0.3, -0.25) is 9.59 Å². The Hall–Kier alpha value is -2.41. The van der Waals surface area contributed by atoms with Gasteiger partial charge in [-0.2, -0.15) is 0 Å². The number of anilines is 1. The van der Waals surface area contributed by atoms with Gasteiger partial charge in [0.25, 0.3) is 5.91 Å². The van der Waals surface area contributed by atoms with Crippen LogP contribution in [0.3, 0.4) is 0 Å². The predicted molar refractivity (Wildman–Crippen MR) is 96.6 cm³/mol. The minimum atomic E-state index is -0.539. The van der Waals surface area contributed by atoms with Gasteiger partial charge in [-0.1, -0.05) is 18.2 Å². The lowest BCUT2D eigenvalue weighted by Crippen LogP contribution is -2.46. The Morgan fingerprint density at radius 1 is 1.28 bits per heavy atom. The standard InChI is InChI=1S/C18H21N3O3S/c1-13(24-15-5-3-2-4-6-15)17(23)21-10-7-14(8-11-21)16(22)20-18-19-9-12-25-18/h2-6,9,12-14H,7-8,10-11H2,1H3,(H,19,20,22). The Kier molecular flexibility index (Phi) is 5.65. The number of benzene rings is 1. The molecule has 2 amide bonds. The molecule has 2 heterocycles. The average molecular weight is 359 g/mol. The van der Waals surface area contributed by atoms with E-state index < -0.39 is 6.10 Å². The van der Waals surface area contributed by atoms with Crippen LogP contribution in [0.15, 0.2) is 41.9 Å². The van der Waals surface area contributed by atoms with E-state index in [0.29, 0.717) is 36.8 Å². The highest BCUT2D eigenvalue weighted by atomic mass is 32.1. The van der Waals surface area contributed by atoms with Crippen molar-refractivity contribution < 1.29 is 14.3 Å². The summed E-state index contributed by atoms with van der Waals surface area (Å²) >= 11 is 1.40. The number of amides is 2. The first-order chi connectivity index (χ1) is 12.1. The maximum Gasteiger partial charge on any atom is 0.263 e. The molecular weight excluding hydrogens is 338 g/mol. The fourth-order valence-corrected chi connectivity index (χ4v) is 3.40. The number of para-hydroxylation sites is 1. The van der Waals surface area contributed by atoms with Crippen LogP contribution >= 0.6 is 11.3 Å². The first-order valence-corrected chi connectivity index (χ1v) is 9.22. The monoisotopic (exact) mass is 359 g/mol. The lowest BCUT2D eigenvalue weighted by atomic mass is 9.95. The van der Waals surface area contributed by atoms with Crippen molar-refractivity contribution in [1.29, 1.82) is 0 Å². The molecule has 1 unspecified atom stereocenters. The number of likely N-dealkylation sites (tertiary alicyclic amines) is 1. The van der Waals surface area contributed by atoms with E-state index in [1.807, 2.05) is 35.7 Å². The normalized spacial score (nSPS) is 16.3. The summed E-state index contributed by atoms with van der Waals surface area (Å²) in [5.74, 6) is 0.539. The molecule has 0 bridgehead atoms. The van der Waals surface area contributed by atoms with E-state index >= 15 is 0 Å². The van der Waals surface area contributed by atoms with Crippen molar-refractivity contribution in [3.8, 4) is 5.75 Å².